The second-order valence-electron chi connectivity index (χ2n) is 7.65. The molecule has 1 aliphatic carbocycles. The molecule has 28 heavy (non-hydrogen) atoms. The number of likely N-dealkylation sites (N-methyl/N-ethyl adjacent to an activating group) is 1. The van der Waals surface area contributed by atoms with Crippen LogP contribution in [0, 0.1) is 0 Å². The lowest BCUT2D eigenvalue weighted by molar-refractivity contribution is -0.120. The zero-order valence-corrected chi connectivity index (χ0v) is 16.2. The summed E-state index contributed by atoms with van der Waals surface area (Å²) in [6.45, 7) is 2.08. The third-order valence-electron chi connectivity index (χ3n) is 6.07. The molecule has 1 atom stereocenters. The fourth-order valence-electron chi connectivity index (χ4n) is 4.61. The molecule has 1 aliphatic heterocycles. The van der Waals surface area contributed by atoms with Gasteiger partial charge in [0.25, 0.3) is 0 Å². The lowest BCUT2D eigenvalue weighted by atomic mass is 10.0. The van der Waals surface area contributed by atoms with Crippen molar-refractivity contribution in [2.24, 2.45) is 0 Å². The van der Waals surface area contributed by atoms with Crippen LogP contribution in [0.1, 0.15) is 39.0 Å². The Morgan fingerprint density at radius 2 is 1.93 bits per heavy atom. The number of carbonyl (C=O) groups is 1. The van der Waals surface area contributed by atoms with Gasteiger partial charge in [0.15, 0.2) is 5.82 Å². The van der Waals surface area contributed by atoms with E-state index in [2.05, 4.69) is 21.8 Å². The van der Waals surface area contributed by atoms with Crippen LogP contribution in [-0.4, -0.2) is 44.6 Å². The molecule has 2 aromatic heterocycles. The van der Waals surface area contributed by atoms with E-state index < -0.39 is 0 Å². The summed E-state index contributed by atoms with van der Waals surface area (Å²) in [4.78, 5) is 31.0. The number of rotatable bonds is 3. The van der Waals surface area contributed by atoms with Gasteiger partial charge in [-0.25, -0.2) is 9.97 Å². The first kappa shape index (κ1) is 17.2. The number of anilines is 2. The van der Waals surface area contributed by atoms with Gasteiger partial charge in [0.2, 0.25) is 11.9 Å². The largest absolute Gasteiger partial charge is 0.340 e. The maximum atomic E-state index is 13.0. The summed E-state index contributed by atoms with van der Waals surface area (Å²) in [7, 11) is 1.82. The molecule has 0 radical (unpaired) electrons. The fraction of sp³-hybridized carbons (Fsp3) is 0.429. The molecule has 1 saturated carbocycles. The van der Waals surface area contributed by atoms with Gasteiger partial charge in [-0.2, -0.15) is 4.98 Å². The van der Waals surface area contributed by atoms with Gasteiger partial charge in [-0.15, -0.1) is 0 Å². The van der Waals surface area contributed by atoms with Gasteiger partial charge in [0, 0.05) is 13.1 Å². The minimum absolute atomic E-state index is 0.131. The number of hydrogen-bond donors (Lipinski definition) is 0. The van der Waals surface area contributed by atoms with Gasteiger partial charge in [0.1, 0.15) is 18.1 Å². The Labute approximate surface area is 164 Å². The van der Waals surface area contributed by atoms with Crippen molar-refractivity contribution in [3.63, 3.8) is 0 Å². The molecule has 7 nitrogen and oxygen atoms in total. The van der Waals surface area contributed by atoms with Crippen LogP contribution in [0.3, 0.4) is 0 Å². The highest BCUT2D eigenvalue weighted by Gasteiger charge is 2.41. The average molecular weight is 376 g/mol. The number of para-hydroxylation sites is 2. The Morgan fingerprint density at radius 1 is 1.14 bits per heavy atom. The highest BCUT2D eigenvalue weighted by molar-refractivity contribution is 6.04. The Hall–Kier alpha value is -2.96. The van der Waals surface area contributed by atoms with Gasteiger partial charge < -0.3 is 9.80 Å². The molecular formula is C21H24N6O. The summed E-state index contributed by atoms with van der Waals surface area (Å²) in [6.07, 6.45) is 8.95. The summed E-state index contributed by atoms with van der Waals surface area (Å²) in [5.41, 5.74) is 2.67. The number of fused-ring (bicyclic) bond motifs is 2. The van der Waals surface area contributed by atoms with E-state index in [0.717, 1.165) is 41.8 Å². The van der Waals surface area contributed by atoms with Crippen molar-refractivity contribution < 1.29 is 4.79 Å². The van der Waals surface area contributed by atoms with Gasteiger partial charge in [0.05, 0.1) is 17.2 Å². The first-order chi connectivity index (χ1) is 13.7. The Bertz CT molecular complexity index is 1040. The summed E-state index contributed by atoms with van der Waals surface area (Å²) < 4.78 is 1.92. The highest BCUT2D eigenvalue weighted by atomic mass is 16.2. The fourth-order valence-corrected chi connectivity index (χ4v) is 4.61. The van der Waals surface area contributed by atoms with Crippen LogP contribution >= 0.6 is 0 Å². The Kier molecular flexibility index (Phi) is 4.03. The first-order valence-corrected chi connectivity index (χ1v) is 10.0. The number of hydrogen-bond acceptors (Lipinski definition) is 5. The average Bonchev–Trinajstić information content (AvgIpc) is 3.40. The van der Waals surface area contributed by atoms with E-state index in [1.807, 2.05) is 35.9 Å². The van der Waals surface area contributed by atoms with E-state index in [9.17, 15) is 4.79 Å². The topological polar surface area (TPSA) is 67.2 Å². The van der Waals surface area contributed by atoms with Crippen LogP contribution in [0.15, 0.2) is 36.8 Å². The number of benzene rings is 1. The third-order valence-corrected chi connectivity index (χ3v) is 6.07. The summed E-state index contributed by atoms with van der Waals surface area (Å²) in [6, 6.07) is 8.16. The minimum atomic E-state index is -0.164. The zero-order valence-electron chi connectivity index (χ0n) is 16.2. The van der Waals surface area contributed by atoms with Crippen molar-refractivity contribution in [3.05, 3.63) is 36.8 Å². The first-order valence-electron chi connectivity index (χ1n) is 10.0. The van der Waals surface area contributed by atoms with Crippen LogP contribution in [0.25, 0.3) is 17.0 Å². The van der Waals surface area contributed by atoms with Gasteiger partial charge in [-0.05, 0) is 31.4 Å². The van der Waals surface area contributed by atoms with Crippen molar-refractivity contribution >= 4 is 28.4 Å². The molecular weight excluding hydrogens is 352 g/mol. The molecule has 3 aromatic rings. The van der Waals surface area contributed by atoms with Crippen molar-refractivity contribution in [2.45, 2.75) is 51.1 Å². The smallest absolute Gasteiger partial charge is 0.249 e. The van der Waals surface area contributed by atoms with E-state index >= 15 is 0 Å². The van der Waals surface area contributed by atoms with Crippen LogP contribution in [0.4, 0.5) is 11.5 Å². The molecule has 7 heteroatoms. The van der Waals surface area contributed by atoms with Gasteiger partial charge in [-0.1, -0.05) is 31.9 Å². The number of amides is 1. The van der Waals surface area contributed by atoms with Gasteiger partial charge in [-0.3, -0.25) is 9.36 Å². The second kappa shape index (κ2) is 6.58. The third kappa shape index (κ3) is 2.49. The van der Waals surface area contributed by atoms with Crippen LogP contribution < -0.4 is 9.80 Å². The lowest BCUT2D eigenvalue weighted by Gasteiger charge is -2.43. The Balaban J connectivity index is 1.67. The predicted octanol–water partition coefficient (Wildman–Crippen LogP) is 3.32. The summed E-state index contributed by atoms with van der Waals surface area (Å²) in [5.74, 6) is 1.59. The molecule has 2 aliphatic rings. The van der Waals surface area contributed by atoms with Crippen molar-refractivity contribution in [2.75, 3.05) is 16.8 Å². The van der Waals surface area contributed by atoms with E-state index in [-0.39, 0.29) is 11.9 Å². The van der Waals surface area contributed by atoms with E-state index in [1.54, 1.807) is 17.4 Å². The normalized spacial score (nSPS) is 20.2. The van der Waals surface area contributed by atoms with Gasteiger partial charge >= 0.3 is 0 Å². The molecule has 1 fully saturated rings. The molecule has 0 saturated heterocycles. The van der Waals surface area contributed by atoms with E-state index in [1.165, 1.54) is 12.8 Å². The monoisotopic (exact) mass is 376 g/mol. The number of carbonyl (C=O) groups excluding carboxylic acids is 1. The SMILES string of the molecule is CCC1C(=O)N(C)c2cnc(-n3cnc4ccccc43)nc2N1C1CCCC1. The molecule has 0 spiro atoms. The number of imidazole rings is 1. The number of nitrogens with zero attached hydrogens (tertiary/aromatic N) is 6. The Morgan fingerprint density at radius 3 is 2.71 bits per heavy atom. The molecule has 5 rings (SSSR count). The second-order valence-corrected chi connectivity index (χ2v) is 7.65. The molecule has 1 amide bonds. The molecule has 0 N–H and O–H groups in total. The molecule has 0 bridgehead atoms. The van der Waals surface area contributed by atoms with Crippen LogP contribution in [-0.2, 0) is 4.79 Å². The standard InChI is InChI=1S/C21H24N6O/c1-3-16-20(28)25(2)18-12-22-21(24-19(18)27(16)14-8-4-5-9-14)26-13-23-15-10-6-7-11-17(15)26/h6-7,10-14,16H,3-5,8-9H2,1-2H3. The summed E-state index contributed by atoms with van der Waals surface area (Å²) >= 11 is 0. The van der Waals surface area contributed by atoms with Crippen molar-refractivity contribution in [1.29, 1.82) is 0 Å². The highest BCUT2D eigenvalue weighted by Crippen LogP contribution is 2.39. The summed E-state index contributed by atoms with van der Waals surface area (Å²) in [5, 5.41) is 0. The van der Waals surface area contributed by atoms with Crippen molar-refractivity contribution in [3.8, 4) is 5.95 Å². The zero-order chi connectivity index (χ0) is 19.3. The molecule has 1 aromatic carbocycles. The molecule has 144 valence electrons. The maximum Gasteiger partial charge on any atom is 0.249 e. The van der Waals surface area contributed by atoms with E-state index in [0.29, 0.717) is 12.0 Å². The minimum Gasteiger partial charge on any atom is -0.340 e. The van der Waals surface area contributed by atoms with Crippen LogP contribution in [0.5, 0.6) is 0 Å². The lowest BCUT2D eigenvalue weighted by Crippen LogP contribution is -2.55. The van der Waals surface area contributed by atoms with Crippen LogP contribution in [0.2, 0.25) is 0 Å². The maximum absolute atomic E-state index is 13.0. The molecule has 3 heterocycles. The molecule has 1 unspecified atom stereocenters. The van der Waals surface area contributed by atoms with E-state index in [4.69, 9.17) is 4.98 Å². The van der Waals surface area contributed by atoms with Crippen molar-refractivity contribution in [1.82, 2.24) is 19.5 Å². The predicted molar refractivity (Wildman–Crippen MR) is 109 cm³/mol. The quantitative estimate of drug-likeness (QED) is 0.701. The number of aromatic nitrogens is 4.